The van der Waals surface area contributed by atoms with Crippen molar-refractivity contribution in [1.29, 1.82) is 0 Å². The van der Waals surface area contributed by atoms with Gasteiger partial charge in [0.2, 0.25) is 11.8 Å². The number of likely N-dealkylation sites (tertiary alicyclic amines) is 1. The highest BCUT2D eigenvalue weighted by Crippen LogP contribution is 2.56. The third kappa shape index (κ3) is 3.32. The van der Waals surface area contributed by atoms with Gasteiger partial charge in [0.05, 0.1) is 5.92 Å². The zero-order valence-electron chi connectivity index (χ0n) is 14.0. The van der Waals surface area contributed by atoms with E-state index in [1.807, 2.05) is 4.90 Å². The second-order valence-electron chi connectivity index (χ2n) is 7.63. The van der Waals surface area contributed by atoms with Gasteiger partial charge in [-0.2, -0.15) is 13.2 Å². The molecule has 25 heavy (non-hydrogen) atoms. The molecule has 1 spiro atoms. The minimum Gasteiger partial charge on any atom is -0.408 e. The number of aromatic nitrogens is 2. The lowest BCUT2D eigenvalue weighted by molar-refractivity contribution is -0.149. The summed E-state index contributed by atoms with van der Waals surface area (Å²) in [6.07, 6.45) is 0.396. The van der Waals surface area contributed by atoms with Gasteiger partial charge in [0.1, 0.15) is 6.04 Å². The summed E-state index contributed by atoms with van der Waals surface area (Å²) in [5.74, 6) is -2.22. The van der Waals surface area contributed by atoms with E-state index in [4.69, 9.17) is 4.42 Å². The van der Waals surface area contributed by atoms with Crippen LogP contribution in [-0.2, 0) is 4.79 Å². The molecule has 3 aliphatic rings. The first kappa shape index (κ1) is 16.7. The smallest absolute Gasteiger partial charge is 0.392 e. The molecule has 0 aromatic carbocycles. The summed E-state index contributed by atoms with van der Waals surface area (Å²) in [5, 5.41) is 10.2. The molecule has 0 radical (unpaired) electrons. The molecule has 1 aromatic heterocycles. The van der Waals surface area contributed by atoms with Crippen LogP contribution in [0, 0.1) is 11.3 Å². The number of nitrogens with one attached hydrogen (secondary N) is 1. The van der Waals surface area contributed by atoms with Crippen LogP contribution in [0.2, 0.25) is 0 Å². The van der Waals surface area contributed by atoms with Gasteiger partial charge in [-0.3, -0.25) is 4.79 Å². The molecule has 4 rings (SSSR count). The van der Waals surface area contributed by atoms with Gasteiger partial charge in [0.15, 0.2) is 0 Å². The first-order valence-electron chi connectivity index (χ1n) is 8.73. The summed E-state index contributed by atoms with van der Waals surface area (Å²) in [6.45, 7) is 3.22. The van der Waals surface area contributed by atoms with Crippen LogP contribution in [0.5, 0.6) is 0 Å². The van der Waals surface area contributed by atoms with E-state index in [9.17, 15) is 18.0 Å². The van der Waals surface area contributed by atoms with Gasteiger partial charge in [-0.25, -0.2) is 0 Å². The molecular formula is C16H21F3N4O2. The molecule has 0 unspecified atom stereocenters. The molecule has 1 aromatic rings. The maximum atomic E-state index is 12.6. The number of hydrogen-bond donors (Lipinski definition) is 1. The molecule has 1 amide bonds. The van der Waals surface area contributed by atoms with Crippen molar-refractivity contribution in [3.63, 3.8) is 0 Å². The SMILES string of the molecule is C[C@@H](Nc1nnc([C@H]2C[C@@H]2C(F)(F)F)o1)C(=O)N1CCC2(CC1)CC2. The molecule has 2 aliphatic carbocycles. The van der Waals surface area contributed by atoms with E-state index >= 15 is 0 Å². The Morgan fingerprint density at radius 1 is 1.28 bits per heavy atom. The Morgan fingerprint density at radius 3 is 2.52 bits per heavy atom. The molecule has 6 nitrogen and oxygen atoms in total. The second kappa shape index (κ2) is 5.60. The molecule has 2 heterocycles. The molecule has 9 heteroatoms. The van der Waals surface area contributed by atoms with Crippen molar-refractivity contribution < 1.29 is 22.4 Å². The number of carbonyl (C=O) groups excluding carboxylic acids is 1. The van der Waals surface area contributed by atoms with Crippen molar-refractivity contribution in [2.45, 2.75) is 57.2 Å². The lowest BCUT2D eigenvalue weighted by Gasteiger charge is -2.33. The van der Waals surface area contributed by atoms with Gasteiger partial charge in [-0.05, 0) is 44.4 Å². The molecule has 1 saturated heterocycles. The largest absolute Gasteiger partial charge is 0.408 e. The van der Waals surface area contributed by atoms with E-state index in [0.717, 1.165) is 25.9 Å². The summed E-state index contributed by atoms with van der Waals surface area (Å²) in [4.78, 5) is 14.3. The first-order chi connectivity index (χ1) is 11.8. The fraction of sp³-hybridized carbons (Fsp3) is 0.812. The zero-order valence-corrected chi connectivity index (χ0v) is 14.0. The number of hydrogen-bond acceptors (Lipinski definition) is 5. The van der Waals surface area contributed by atoms with Crippen LogP contribution in [0.25, 0.3) is 0 Å². The van der Waals surface area contributed by atoms with Crippen molar-refractivity contribution in [1.82, 2.24) is 15.1 Å². The molecule has 3 fully saturated rings. The summed E-state index contributed by atoms with van der Waals surface area (Å²) in [6, 6.07) is -0.557. The fourth-order valence-corrected chi connectivity index (χ4v) is 3.67. The van der Waals surface area contributed by atoms with Crippen molar-refractivity contribution >= 4 is 11.9 Å². The second-order valence-corrected chi connectivity index (χ2v) is 7.63. The monoisotopic (exact) mass is 358 g/mol. The average Bonchev–Trinajstić information content (AvgIpc) is 3.47. The lowest BCUT2D eigenvalue weighted by atomic mass is 9.93. The summed E-state index contributed by atoms with van der Waals surface area (Å²) >= 11 is 0. The van der Waals surface area contributed by atoms with Gasteiger partial charge >= 0.3 is 12.2 Å². The van der Waals surface area contributed by atoms with Gasteiger partial charge in [-0.1, -0.05) is 5.10 Å². The lowest BCUT2D eigenvalue weighted by Crippen LogP contribution is -2.45. The standard InChI is InChI=1S/C16H21F3N4O2/c1-9(13(24)23-6-4-15(2-3-15)5-7-23)20-14-22-21-12(25-14)10-8-11(10)16(17,18)19/h9-11H,2-8H2,1H3,(H,20,22)/t9-,10+,11+/m1/s1. The van der Waals surface area contributed by atoms with Crippen molar-refractivity contribution in [3.8, 4) is 0 Å². The fourth-order valence-electron chi connectivity index (χ4n) is 3.67. The summed E-state index contributed by atoms with van der Waals surface area (Å²) < 4.78 is 43.1. The predicted octanol–water partition coefficient (Wildman–Crippen LogP) is 2.94. The minimum atomic E-state index is -4.23. The maximum Gasteiger partial charge on any atom is 0.392 e. The van der Waals surface area contributed by atoms with Crippen LogP contribution in [-0.4, -0.2) is 46.3 Å². The molecule has 2 saturated carbocycles. The van der Waals surface area contributed by atoms with Crippen molar-refractivity contribution in [2.75, 3.05) is 18.4 Å². The van der Waals surface area contributed by atoms with Crippen LogP contribution in [0.1, 0.15) is 50.8 Å². The number of amides is 1. The van der Waals surface area contributed by atoms with E-state index in [1.54, 1.807) is 6.92 Å². The van der Waals surface area contributed by atoms with E-state index < -0.39 is 24.1 Å². The molecule has 138 valence electrons. The maximum absolute atomic E-state index is 12.6. The molecule has 0 bridgehead atoms. The third-order valence-corrected chi connectivity index (χ3v) is 5.77. The summed E-state index contributed by atoms with van der Waals surface area (Å²) in [7, 11) is 0. The van der Waals surface area contributed by atoms with Gasteiger partial charge in [0, 0.05) is 19.0 Å². The number of nitrogens with zero attached hydrogens (tertiary/aromatic N) is 3. The summed E-state index contributed by atoms with van der Waals surface area (Å²) in [5.41, 5.74) is 0.494. The Kier molecular flexibility index (Phi) is 3.73. The van der Waals surface area contributed by atoms with Crippen LogP contribution in [0.15, 0.2) is 4.42 Å². The van der Waals surface area contributed by atoms with Crippen LogP contribution >= 0.6 is 0 Å². The number of alkyl halides is 3. The zero-order chi connectivity index (χ0) is 17.8. The average molecular weight is 358 g/mol. The van der Waals surface area contributed by atoms with Gasteiger partial charge < -0.3 is 14.6 Å². The number of rotatable bonds is 4. The number of carbonyl (C=O) groups is 1. The Hall–Kier alpha value is -1.80. The predicted molar refractivity (Wildman–Crippen MR) is 81.8 cm³/mol. The highest BCUT2D eigenvalue weighted by atomic mass is 19.4. The first-order valence-corrected chi connectivity index (χ1v) is 8.73. The van der Waals surface area contributed by atoms with Crippen molar-refractivity contribution in [2.24, 2.45) is 11.3 Å². The number of anilines is 1. The van der Waals surface area contributed by atoms with E-state index in [-0.39, 0.29) is 24.2 Å². The minimum absolute atomic E-state index is 0.000605. The van der Waals surface area contributed by atoms with E-state index in [0.29, 0.717) is 5.41 Å². The number of halogens is 3. The highest BCUT2D eigenvalue weighted by Gasteiger charge is 2.58. The Bertz CT molecular complexity index is 661. The molecule has 1 aliphatic heterocycles. The van der Waals surface area contributed by atoms with Gasteiger partial charge in [0.25, 0.3) is 0 Å². The Morgan fingerprint density at radius 2 is 1.96 bits per heavy atom. The van der Waals surface area contributed by atoms with Crippen LogP contribution < -0.4 is 5.32 Å². The van der Waals surface area contributed by atoms with Crippen LogP contribution in [0.3, 0.4) is 0 Å². The Balaban J connectivity index is 1.31. The van der Waals surface area contributed by atoms with E-state index in [2.05, 4.69) is 15.5 Å². The van der Waals surface area contributed by atoms with E-state index in [1.165, 1.54) is 12.8 Å². The quantitative estimate of drug-likeness (QED) is 0.896. The Labute approximate surface area is 143 Å². The molecule has 3 atom stereocenters. The normalized spacial score (nSPS) is 28.7. The number of piperidine rings is 1. The van der Waals surface area contributed by atoms with Crippen molar-refractivity contribution in [3.05, 3.63) is 5.89 Å². The van der Waals surface area contributed by atoms with Crippen LogP contribution in [0.4, 0.5) is 19.2 Å². The highest BCUT2D eigenvalue weighted by molar-refractivity contribution is 5.83. The molecular weight excluding hydrogens is 337 g/mol. The topological polar surface area (TPSA) is 71.3 Å². The molecule has 1 N–H and O–H groups in total. The third-order valence-electron chi connectivity index (χ3n) is 5.77. The van der Waals surface area contributed by atoms with Gasteiger partial charge in [-0.15, -0.1) is 5.10 Å².